The first-order chi connectivity index (χ1) is 10.3. The largest absolute Gasteiger partial charge is 0.348 e. The van der Waals surface area contributed by atoms with Crippen LogP contribution in [0.15, 0.2) is 17.5 Å². The van der Waals surface area contributed by atoms with E-state index in [-0.39, 0.29) is 18.4 Å². The molecule has 6 nitrogen and oxygen atoms in total. The lowest BCUT2D eigenvalue weighted by atomic mass is 10.1. The summed E-state index contributed by atoms with van der Waals surface area (Å²) in [5.41, 5.74) is 0. The van der Waals surface area contributed by atoms with Gasteiger partial charge in [-0.05, 0) is 11.4 Å². The summed E-state index contributed by atoms with van der Waals surface area (Å²) in [6, 6.07) is 4.07. The van der Waals surface area contributed by atoms with Crippen LogP contribution in [0.2, 0.25) is 0 Å². The number of hydrogen-bond donors (Lipinski definition) is 0. The third-order valence-electron chi connectivity index (χ3n) is 3.79. The summed E-state index contributed by atoms with van der Waals surface area (Å²) in [5.74, 6) is -0.348. The van der Waals surface area contributed by atoms with Gasteiger partial charge in [-0.15, -0.1) is 11.3 Å². The highest BCUT2D eigenvalue weighted by atomic mass is 32.2. The summed E-state index contributed by atoms with van der Waals surface area (Å²) in [5, 5.41) is 2.03. The maximum Gasteiger partial charge on any atom is 0.227 e. The predicted octanol–water partition coefficient (Wildman–Crippen LogP) is 0.530. The van der Waals surface area contributed by atoms with Gasteiger partial charge in [0.05, 0.1) is 12.2 Å². The number of rotatable bonds is 4. The molecular formula is C14H23N3O3S2. The summed E-state index contributed by atoms with van der Waals surface area (Å²) in [4.78, 5) is 17.3. The highest BCUT2D eigenvalue weighted by molar-refractivity contribution is 7.88. The van der Waals surface area contributed by atoms with Crippen LogP contribution in [0.1, 0.15) is 4.88 Å². The van der Waals surface area contributed by atoms with Crippen LogP contribution in [-0.4, -0.2) is 75.0 Å². The van der Waals surface area contributed by atoms with Crippen LogP contribution in [0, 0.1) is 5.92 Å². The first kappa shape index (κ1) is 17.4. The maximum atomic E-state index is 12.4. The Morgan fingerprint density at radius 2 is 2.09 bits per heavy atom. The molecule has 22 heavy (non-hydrogen) atoms. The summed E-state index contributed by atoms with van der Waals surface area (Å²) in [6.45, 7) is 2.67. The second kappa shape index (κ2) is 7.08. The van der Waals surface area contributed by atoms with Gasteiger partial charge < -0.3 is 4.90 Å². The standard InChI is InChI=1S/C14H23N3O3S2/c1-15(2)14(18)12-9-16(11-13-5-4-8-21-13)6-7-17(10-12)22(3,19)20/h4-5,8,12H,6-7,9-11H2,1-3H3/t12-/m0/s1. The van der Waals surface area contributed by atoms with Gasteiger partial charge in [0.1, 0.15) is 0 Å². The number of carbonyl (C=O) groups excluding carboxylic acids is 1. The second-order valence-electron chi connectivity index (χ2n) is 5.87. The van der Waals surface area contributed by atoms with Gasteiger partial charge in [-0.25, -0.2) is 12.7 Å². The monoisotopic (exact) mass is 345 g/mol. The number of amides is 1. The van der Waals surface area contributed by atoms with E-state index in [0.717, 1.165) is 6.54 Å². The van der Waals surface area contributed by atoms with Gasteiger partial charge in [-0.2, -0.15) is 0 Å². The third kappa shape index (κ3) is 4.52. The molecule has 1 saturated heterocycles. The minimum Gasteiger partial charge on any atom is -0.348 e. The fourth-order valence-electron chi connectivity index (χ4n) is 2.64. The van der Waals surface area contributed by atoms with Gasteiger partial charge in [-0.3, -0.25) is 9.69 Å². The normalized spacial score (nSPS) is 21.5. The zero-order valence-electron chi connectivity index (χ0n) is 13.2. The average molecular weight is 345 g/mol. The van der Waals surface area contributed by atoms with Gasteiger partial charge >= 0.3 is 0 Å². The molecule has 8 heteroatoms. The first-order valence-electron chi connectivity index (χ1n) is 7.18. The third-order valence-corrected chi connectivity index (χ3v) is 5.92. The lowest BCUT2D eigenvalue weighted by molar-refractivity contribution is -0.133. The maximum absolute atomic E-state index is 12.4. The molecule has 2 rings (SSSR count). The highest BCUT2D eigenvalue weighted by Crippen LogP contribution is 2.18. The van der Waals surface area contributed by atoms with Crippen molar-refractivity contribution in [2.75, 3.05) is 46.5 Å². The molecule has 124 valence electrons. The molecule has 0 spiro atoms. The van der Waals surface area contributed by atoms with E-state index in [1.165, 1.54) is 15.4 Å². The van der Waals surface area contributed by atoms with E-state index < -0.39 is 10.0 Å². The van der Waals surface area contributed by atoms with Crippen molar-refractivity contribution in [3.8, 4) is 0 Å². The molecule has 1 fully saturated rings. The second-order valence-corrected chi connectivity index (χ2v) is 8.88. The Morgan fingerprint density at radius 3 is 2.64 bits per heavy atom. The van der Waals surface area contributed by atoms with Crippen molar-refractivity contribution in [2.45, 2.75) is 6.54 Å². The number of carbonyl (C=O) groups is 1. The average Bonchev–Trinajstić information content (AvgIpc) is 2.82. The van der Waals surface area contributed by atoms with Crippen LogP contribution >= 0.6 is 11.3 Å². The Labute approximate surface area is 136 Å². The molecule has 1 aromatic rings. The Balaban J connectivity index is 2.16. The van der Waals surface area contributed by atoms with E-state index in [0.29, 0.717) is 19.6 Å². The van der Waals surface area contributed by atoms with E-state index in [4.69, 9.17) is 0 Å². The Hall–Kier alpha value is -0.960. The lowest BCUT2D eigenvalue weighted by Gasteiger charge is -2.25. The fourth-order valence-corrected chi connectivity index (χ4v) is 4.25. The van der Waals surface area contributed by atoms with Crippen LogP contribution < -0.4 is 0 Å². The molecule has 0 aliphatic carbocycles. The van der Waals surface area contributed by atoms with Crippen molar-refractivity contribution in [3.05, 3.63) is 22.4 Å². The van der Waals surface area contributed by atoms with Crippen LogP contribution in [-0.2, 0) is 21.4 Å². The molecule has 0 aromatic carbocycles. The molecule has 0 bridgehead atoms. The van der Waals surface area contributed by atoms with Crippen molar-refractivity contribution < 1.29 is 13.2 Å². The molecule has 1 atom stereocenters. The molecule has 0 N–H and O–H groups in total. The van der Waals surface area contributed by atoms with E-state index in [1.807, 2.05) is 11.4 Å². The van der Waals surface area contributed by atoms with Crippen LogP contribution in [0.3, 0.4) is 0 Å². The van der Waals surface area contributed by atoms with Crippen molar-refractivity contribution in [3.63, 3.8) is 0 Å². The molecule has 1 aliphatic heterocycles. The Morgan fingerprint density at radius 1 is 1.36 bits per heavy atom. The summed E-state index contributed by atoms with van der Waals surface area (Å²) in [7, 11) is 0.132. The van der Waals surface area contributed by atoms with Gasteiger partial charge in [-0.1, -0.05) is 6.07 Å². The SMILES string of the molecule is CN(C)C(=O)[C@H]1CN(Cc2cccs2)CCN(S(C)(=O)=O)C1. The zero-order valence-corrected chi connectivity index (χ0v) is 14.9. The summed E-state index contributed by atoms with van der Waals surface area (Å²) < 4.78 is 25.2. The van der Waals surface area contributed by atoms with Crippen molar-refractivity contribution >= 4 is 27.3 Å². The predicted molar refractivity (Wildman–Crippen MR) is 88.2 cm³/mol. The minimum absolute atomic E-state index is 0.0215. The van der Waals surface area contributed by atoms with Gasteiger partial charge in [0, 0.05) is 51.7 Å². The first-order valence-corrected chi connectivity index (χ1v) is 9.91. The van der Waals surface area contributed by atoms with Crippen LogP contribution in [0.4, 0.5) is 0 Å². The van der Waals surface area contributed by atoms with Crippen LogP contribution in [0.25, 0.3) is 0 Å². The van der Waals surface area contributed by atoms with E-state index >= 15 is 0 Å². The van der Waals surface area contributed by atoms with E-state index in [2.05, 4.69) is 11.0 Å². The smallest absolute Gasteiger partial charge is 0.227 e. The summed E-state index contributed by atoms with van der Waals surface area (Å²) in [6.07, 6.45) is 1.21. The number of thiophene rings is 1. The van der Waals surface area contributed by atoms with E-state index in [1.54, 1.807) is 30.3 Å². The fraction of sp³-hybridized carbons (Fsp3) is 0.643. The number of sulfonamides is 1. The van der Waals surface area contributed by atoms with Crippen LogP contribution in [0.5, 0.6) is 0 Å². The molecule has 1 aliphatic rings. The number of nitrogens with zero attached hydrogens (tertiary/aromatic N) is 3. The van der Waals surface area contributed by atoms with Gasteiger partial charge in [0.15, 0.2) is 0 Å². The number of hydrogen-bond acceptors (Lipinski definition) is 5. The van der Waals surface area contributed by atoms with Crippen molar-refractivity contribution in [2.24, 2.45) is 5.92 Å². The zero-order chi connectivity index (χ0) is 16.3. The van der Waals surface area contributed by atoms with Gasteiger partial charge in [0.2, 0.25) is 15.9 Å². The molecule has 0 radical (unpaired) electrons. The van der Waals surface area contributed by atoms with Crippen molar-refractivity contribution in [1.82, 2.24) is 14.1 Å². The lowest BCUT2D eigenvalue weighted by Crippen LogP contribution is -2.41. The molecule has 0 unspecified atom stereocenters. The molecule has 1 aromatic heterocycles. The topological polar surface area (TPSA) is 60.9 Å². The summed E-state index contributed by atoms with van der Waals surface area (Å²) >= 11 is 1.68. The highest BCUT2D eigenvalue weighted by Gasteiger charge is 2.32. The quantitative estimate of drug-likeness (QED) is 0.799. The van der Waals surface area contributed by atoms with Gasteiger partial charge in [0.25, 0.3) is 0 Å². The Kier molecular flexibility index (Phi) is 5.60. The molecule has 0 saturated carbocycles. The van der Waals surface area contributed by atoms with E-state index in [9.17, 15) is 13.2 Å². The van der Waals surface area contributed by atoms with Crippen molar-refractivity contribution in [1.29, 1.82) is 0 Å². The molecule has 1 amide bonds. The molecule has 2 heterocycles. The molecular weight excluding hydrogens is 322 g/mol. The minimum atomic E-state index is -3.29. The Bertz CT molecular complexity index is 599.